The summed E-state index contributed by atoms with van der Waals surface area (Å²) in [5.41, 5.74) is 0.469. The summed E-state index contributed by atoms with van der Waals surface area (Å²) in [6.07, 6.45) is -0.750. The van der Waals surface area contributed by atoms with Gasteiger partial charge in [-0.05, 0) is 36.6 Å². The maximum Gasteiger partial charge on any atom is 0.417 e. The number of pyridine rings is 1. The topological polar surface area (TPSA) is 69.3 Å². The Morgan fingerprint density at radius 3 is 2.68 bits per heavy atom. The number of hydrogen-bond acceptors (Lipinski definition) is 4. The lowest BCUT2D eigenvalue weighted by Gasteiger charge is -2.42. The van der Waals surface area contributed by atoms with Crippen molar-refractivity contribution in [2.24, 2.45) is 5.92 Å². The van der Waals surface area contributed by atoms with Crippen LogP contribution in [0.25, 0.3) is 11.0 Å². The quantitative estimate of drug-likeness (QED) is 0.647. The number of likely N-dealkylation sites (N-methyl/N-ethyl adjacent to an activating group) is 1. The third-order valence-electron chi connectivity index (χ3n) is 6.01. The van der Waals surface area contributed by atoms with E-state index in [-0.39, 0.29) is 25.0 Å². The minimum absolute atomic E-state index is 0.0976. The highest BCUT2D eigenvalue weighted by Gasteiger charge is 2.41. The average Bonchev–Trinajstić information content (AvgIpc) is 3.22. The Balaban J connectivity index is 1.67. The first-order valence-electron chi connectivity index (χ1n) is 9.92. The molecule has 1 aromatic carbocycles. The van der Waals surface area contributed by atoms with Gasteiger partial charge in [-0.3, -0.25) is 0 Å². The number of anilines is 1. The highest BCUT2D eigenvalue weighted by molar-refractivity contribution is 7.89. The predicted octanol–water partition coefficient (Wildman–Crippen LogP) is 4.12. The van der Waals surface area contributed by atoms with Crippen LogP contribution in [-0.4, -0.2) is 48.9 Å². The molecule has 1 aliphatic heterocycles. The number of rotatable bonds is 4. The summed E-state index contributed by atoms with van der Waals surface area (Å²) in [5, 5.41) is 0.902. The molecule has 4 rings (SSSR count). The SMILES string of the molecule is C[C@@H]1CCN(S(=O)(=O)c2ccccc2C(F)(F)F)C[C@@H]1N(C)c1ccnc2[nH]ccc12. The van der Waals surface area contributed by atoms with Crippen LogP contribution >= 0.6 is 0 Å². The minimum atomic E-state index is -4.75. The molecule has 0 bridgehead atoms. The summed E-state index contributed by atoms with van der Waals surface area (Å²) in [6, 6.07) is 7.90. The Labute approximate surface area is 178 Å². The van der Waals surface area contributed by atoms with Gasteiger partial charge in [0.2, 0.25) is 10.0 Å². The maximum atomic E-state index is 13.5. The first-order valence-corrected chi connectivity index (χ1v) is 11.4. The molecule has 2 atom stereocenters. The predicted molar refractivity (Wildman–Crippen MR) is 112 cm³/mol. The molecule has 3 heterocycles. The zero-order valence-electron chi connectivity index (χ0n) is 17.1. The Morgan fingerprint density at radius 2 is 1.94 bits per heavy atom. The number of nitrogens with one attached hydrogen (secondary N) is 1. The van der Waals surface area contributed by atoms with Crippen LogP contribution in [0, 0.1) is 5.92 Å². The number of sulfonamides is 1. The lowest BCUT2D eigenvalue weighted by Crippen LogP contribution is -2.52. The summed E-state index contributed by atoms with van der Waals surface area (Å²) in [5.74, 6) is 0.150. The van der Waals surface area contributed by atoms with Gasteiger partial charge in [-0.15, -0.1) is 0 Å². The van der Waals surface area contributed by atoms with Gasteiger partial charge < -0.3 is 9.88 Å². The molecule has 1 saturated heterocycles. The van der Waals surface area contributed by atoms with Gasteiger partial charge in [0.25, 0.3) is 0 Å². The number of aromatic amines is 1. The molecular formula is C21H23F3N4O2S. The van der Waals surface area contributed by atoms with Crippen LogP contribution in [0.15, 0.2) is 53.7 Å². The summed E-state index contributed by atoms with van der Waals surface area (Å²) in [6.45, 7) is 2.31. The molecule has 0 saturated carbocycles. The zero-order chi connectivity index (χ0) is 22.4. The van der Waals surface area contributed by atoms with Crippen LogP contribution in [0.5, 0.6) is 0 Å². The van der Waals surface area contributed by atoms with Crippen molar-refractivity contribution in [2.45, 2.75) is 30.5 Å². The van der Waals surface area contributed by atoms with E-state index in [1.807, 2.05) is 31.0 Å². The first kappa shape index (κ1) is 21.6. The number of hydrogen-bond donors (Lipinski definition) is 1. The zero-order valence-corrected chi connectivity index (χ0v) is 17.9. The Bertz CT molecular complexity index is 1190. The first-order chi connectivity index (χ1) is 14.6. The lowest BCUT2D eigenvalue weighted by atomic mass is 9.93. The van der Waals surface area contributed by atoms with E-state index in [0.29, 0.717) is 6.42 Å². The number of nitrogens with zero attached hydrogens (tertiary/aromatic N) is 3. The maximum absolute atomic E-state index is 13.5. The summed E-state index contributed by atoms with van der Waals surface area (Å²) >= 11 is 0. The fraction of sp³-hybridized carbons (Fsp3) is 0.381. The molecule has 6 nitrogen and oxygen atoms in total. The molecule has 166 valence electrons. The van der Waals surface area contributed by atoms with Crippen LogP contribution in [0.1, 0.15) is 18.9 Å². The standard InChI is InChI=1S/C21H23F3N4O2S/c1-14-9-12-28(31(29,30)19-6-4-3-5-16(19)21(22,23)24)13-18(14)27(2)17-8-11-26-20-15(17)7-10-25-20/h3-8,10-11,14,18H,9,12-13H2,1-2H3,(H,25,26)/t14-,18+/m1/s1. The van der Waals surface area contributed by atoms with E-state index in [1.54, 1.807) is 12.4 Å². The van der Waals surface area contributed by atoms with Crippen LogP contribution in [0.4, 0.5) is 18.9 Å². The fourth-order valence-corrected chi connectivity index (χ4v) is 5.92. The second-order valence-electron chi connectivity index (χ2n) is 7.87. The lowest BCUT2D eigenvalue weighted by molar-refractivity contribution is -0.139. The van der Waals surface area contributed by atoms with Crippen molar-refractivity contribution >= 4 is 26.7 Å². The van der Waals surface area contributed by atoms with Gasteiger partial charge in [0.05, 0.1) is 10.5 Å². The monoisotopic (exact) mass is 452 g/mol. The van der Waals surface area contributed by atoms with Crippen molar-refractivity contribution in [3.05, 3.63) is 54.4 Å². The minimum Gasteiger partial charge on any atom is -0.369 e. The van der Waals surface area contributed by atoms with E-state index in [4.69, 9.17) is 0 Å². The number of benzene rings is 1. The van der Waals surface area contributed by atoms with Gasteiger partial charge >= 0.3 is 6.18 Å². The van der Waals surface area contributed by atoms with Gasteiger partial charge in [0.15, 0.2) is 0 Å². The van der Waals surface area contributed by atoms with Gasteiger partial charge in [-0.25, -0.2) is 13.4 Å². The Hall–Kier alpha value is -2.59. The molecule has 0 spiro atoms. The number of aromatic nitrogens is 2. The van der Waals surface area contributed by atoms with Gasteiger partial charge in [-0.2, -0.15) is 17.5 Å². The highest BCUT2D eigenvalue weighted by atomic mass is 32.2. The van der Waals surface area contributed by atoms with E-state index in [9.17, 15) is 21.6 Å². The number of fused-ring (bicyclic) bond motifs is 1. The van der Waals surface area contributed by atoms with E-state index in [1.165, 1.54) is 16.4 Å². The molecule has 3 aromatic rings. The normalized spacial score (nSPS) is 20.8. The number of piperidine rings is 1. The number of alkyl halides is 3. The highest BCUT2D eigenvalue weighted by Crippen LogP contribution is 2.37. The molecule has 10 heteroatoms. The molecule has 0 aliphatic carbocycles. The van der Waals surface area contributed by atoms with E-state index in [0.717, 1.165) is 28.9 Å². The molecule has 1 N–H and O–H groups in total. The molecular weight excluding hydrogens is 429 g/mol. The van der Waals surface area contributed by atoms with Crippen molar-refractivity contribution in [2.75, 3.05) is 25.0 Å². The average molecular weight is 453 g/mol. The Kier molecular flexibility index (Phi) is 5.47. The molecule has 1 aliphatic rings. The summed E-state index contributed by atoms with van der Waals surface area (Å²) in [7, 11) is -2.43. The molecule has 31 heavy (non-hydrogen) atoms. The molecule has 0 amide bonds. The second-order valence-corrected chi connectivity index (χ2v) is 9.78. The van der Waals surface area contributed by atoms with E-state index >= 15 is 0 Å². The van der Waals surface area contributed by atoms with Crippen molar-refractivity contribution < 1.29 is 21.6 Å². The van der Waals surface area contributed by atoms with Gasteiger partial charge in [-0.1, -0.05) is 19.1 Å². The van der Waals surface area contributed by atoms with Crippen LogP contribution in [-0.2, 0) is 16.2 Å². The van der Waals surface area contributed by atoms with E-state index < -0.39 is 26.7 Å². The fourth-order valence-electron chi connectivity index (χ4n) is 4.24. The van der Waals surface area contributed by atoms with Crippen molar-refractivity contribution in [3.63, 3.8) is 0 Å². The number of H-pyrrole nitrogens is 1. The summed E-state index contributed by atoms with van der Waals surface area (Å²) in [4.78, 5) is 8.63. The third kappa shape index (κ3) is 3.89. The number of halogens is 3. The van der Waals surface area contributed by atoms with Crippen molar-refractivity contribution in [1.82, 2.24) is 14.3 Å². The van der Waals surface area contributed by atoms with Crippen molar-refractivity contribution in [3.8, 4) is 0 Å². The van der Waals surface area contributed by atoms with Crippen molar-refractivity contribution in [1.29, 1.82) is 0 Å². The van der Waals surface area contributed by atoms with Crippen LogP contribution in [0.3, 0.4) is 0 Å². The smallest absolute Gasteiger partial charge is 0.369 e. The summed E-state index contributed by atoms with van der Waals surface area (Å²) < 4.78 is 68.0. The van der Waals surface area contributed by atoms with Gasteiger partial charge in [0.1, 0.15) is 5.65 Å². The van der Waals surface area contributed by atoms with Crippen LogP contribution in [0.2, 0.25) is 0 Å². The second kappa shape index (κ2) is 7.83. The molecule has 0 radical (unpaired) electrons. The van der Waals surface area contributed by atoms with Gasteiger partial charge in [0, 0.05) is 49.6 Å². The third-order valence-corrected chi connectivity index (χ3v) is 7.93. The Morgan fingerprint density at radius 1 is 1.19 bits per heavy atom. The van der Waals surface area contributed by atoms with Crippen LogP contribution < -0.4 is 4.90 Å². The molecule has 1 fully saturated rings. The molecule has 0 unspecified atom stereocenters. The van der Waals surface area contributed by atoms with E-state index in [2.05, 4.69) is 9.97 Å². The molecule has 2 aromatic heterocycles. The largest absolute Gasteiger partial charge is 0.417 e.